The van der Waals surface area contributed by atoms with Crippen LogP contribution in [0.15, 0.2) is 42.6 Å². The van der Waals surface area contributed by atoms with Crippen molar-refractivity contribution in [1.82, 2.24) is 15.2 Å². The molecule has 0 bridgehead atoms. The molecule has 1 N–H and O–H groups in total. The molecule has 1 aromatic carbocycles. The number of likely N-dealkylation sites (tertiary alicyclic amines) is 1. The molecule has 1 saturated heterocycles. The number of rotatable bonds is 4. The second kappa shape index (κ2) is 11.8. The molecule has 0 saturated carbocycles. The Morgan fingerprint density at radius 1 is 1.17 bits per heavy atom. The standard InChI is InChI=1S/C29H39N3O4/c1-21(2)18-24-20-36-25-10-5-4-8-22(25)9-6-7-13-29(28(34)31-24)14-16-32(17-15-29)27(33)23-11-12-26(35-3)30-19-23/h4-5,8,10-12,19,21,24H,6-7,9,13-18,20H2,1-3H3,(H,31,34)/t24-/m0/s1. The second-order valence-electron chi connectivity index (χ2n) is 10.6. The number of ether oxygens (including phenoxy) is 2. The molecule has 36 heavy (non-hydrogen) atoms. The smallest absolute Gasteiger partial charge is 0.255 e. The lowest BCUT2D eigenvalue weighted by molar-refractivity contribution is -0.135. The Morgan fingerprint density at radius 2 is 1.94 bits per heavy atom. The van der Waals surface area contributed by atoms with Gasteiger partial charge in [-0.25, -0.2) is 4.98 Å². The maximum atomic E-state index is 13.8. The van der Waals surface area contributed by atoms with Crippen LogP contribution in [0.25, 0.3) is 0 Å². The van der Waals surface area contributed by atoms with Crippen molar-refractivity contribution in [2.75, 3.05) is 26.8 Å². The van der Waals surface area contributed by atoms with E-state index in [1.54, 1.807) is 25.4 Å². The quantitative estimate of drug-likeness (QED) is 0.671. The minimum Gasteiger partial charge on any atom is -0.491 e. The Kier molecular flexibility index (Phi) is 8.49. The third-order valence-corrected chi connectivity index (χ3v) is 7.54. The molecule has 0 radical (unpaired) electrons. The minimum atomic E-state index is -0.455. The molecule has 2 aromatic rings. The van der Waals surface area contributed by atoms with E-state index < -0.39 is 5.41 Å². The number of amides is 2. The zero-order chi connectivity index (χ0) is 25.5. The summed E-state index contributed by atoms with van der Waals surface area (Å²) in [5.41, 5.74) is 1.32. The van der Waals surface area contributed by atoms with Gasteiger partial charge in [-0.05, 0) is 62.1 Å². The molecule has 2 aliphatic rings. The number of para-hydroxylation sites is 1. The molecule has 1 spiro atoms. The molecule has 4 rings (SSSR count). The van der Waals surface area contributed by atoms with E-state index in [2.05, 4.69) is 36.3 Å². The lowest BCUT2D eigenvalue weighted by Crippen LogP contribution is -2.53. The van der Waals surface area contributed by atoms with Crippen LogP contribution in [-0.4, -0.2) is 54.5 Å². The number of methoxy groups -OCH3 is 1. The number of carbonyl (C=O) groups is 2. The second-order valence-corrected chi connectivity index (χ2v) is 10.6. The van der Waals surface area contributed by atoms with Crippen molar-refractivity contribution in [2.45, 2.75) is 64.8 Å². The van der Waals surface area contributed by atoms with Crippen LogP contribution >= 0.6 is 0 Å². The fraction of sp³-hybridized carbons (Fsp3) is 0.552. The van der Waals surface area contributed by atoms with Gasteiger partial charge >= 0.3 is 0 Å². The Balaban J connectivity index is 1.48. The van der Waals surface area contributed by atoms with Crippen LogP contribution in [0.1, 0.15) is 68.3 Å². The average molecular weight is 494 g/mol. The van der Waals surface area contributed by atoms with Crippen molar-refractivity contribution >= 4 is 11.8 Å². The number of hydrogen-bond donors (Lipinski definition) is 1. The van der Waals surface area contributed by atoms with E-state index in [1.807, 2.05) is 17.0 Å². The number of aromatic nitrogens is 1. The first kappa shape index (κ1) is 26.0. The maximum absolute atomic E-state index is 13.8. The largest absolute Gasteiger partial charge is 0.491 e. The van der Waals surface area contributed by atoms with Crippen molar-refractivity contribution in [3.05, 3.63) is 53.7 Å². The van der Waals surface area contributed by atoms with Gasteiger partial charge in [0.15, 0.2) is 0 Å². The molecular formula is C29H39N3O4. The van der Waals surface area contributed by atoms with Gasteiger partial charge in [0.2, 0.25) is 11.8 Å². The van der Waals surface area contributed by atoms with Gasteiger partial charge in [0.05, 0.1) is 24.1 Å². The Bertz CT molecular complexity index is 1030. The molecule has 7 nitrogen and oxygen atoms in total. The van der Waals surface area contributed by atoms with Crippen LogP contribution in [-0.2, 0) is 11.2 Å². The van der Waals surface area contributed by atoms with E-state index in [0.717, 1.165) is 37.9 Å². The molecule has 2 aliphatic heterocycles. The fourth-order valence-electron chi connectivity index (χ4n) is 5.44. The topological polar surface area (TPSA) is 80.8 Å². The first-order chi connectivity index (χ1) is 17.4. The van der Waals surface area contributed by atoms with Crippen LogP contribution in [0.3, 0.4) is 0 Å². The Hall–Kier alpha value is -3.09. The average Bonchev–Trinajstić information content (AvgIpc) is 2.89. The number of piperidine rings is 1. The third-order valence-electron chi connectivity index (χ3n) is 7.54. The van der Waals surface area contributed by atoms with Crippen molar-refractivity contribution in [1.29, 1.82) is 0 Å². The van der Waals surface area contributed by atoms with Gasteiger partial charge in [0.25, 0.3) is 5.91 Å². The van der Waals surface area contributed by atoms with Crippen molar-refractivity contribution < 1.29 is 19.1 Å². The van der Waals surface area contributed by atoms with Crippen molar-refractivity contribution in [2.24, 2.45) is 11.3 Å². The highest BCUT2D eigenvalue weighted by Crippen LogP contribution is 2.38. The fourth-order valence-corrected chi connectivity index (χ4v) is 5.44. The number of nitrogens with one attached hydrogen (secondary N) is 1. The van der Waals surface area contributed by atoms with Gasteiger partial charge in [-0.15, -0.1) is 0 Å². The van der Waals surface area contributed by atoms with E-state index in [1.165, 1.54) is 5.56 Å². The summed E-state index contributed by atoms with van der Waals surface area (Å²) >= 11 is 0. The van der Waals surface area contributed by atoms with Crippen LogP contribution in [0.4, 0.5) is 0 Å². The monoisotopic (exact) mass is 493 g/mol. The first-order valence-electron chi connectivity index (χ1n) is 13.2. The highest BCUT2D eigenvalue weighted by atomic mass is 16.5. The van der Waals surface area contributed by atoms with E-state index in [4.69, 9.17) is 9.47 Å². The highest BCUT2D eigenvalue weighted by Gasteiger charge is 2.42. The molecule has 0 aliphatic carbocycles. The van der Waals surface area contributed by atoms with Crippen LogP contribution in [0.5, 0.6) is 11.6 Å². The number of fused-ring (bicyclic) bond motifs is 1. The lowest BCUT2D eigenvalue weighted by atomic mass is 9.73. The molecule has 194 valence electrons. The summed E-state index contributed by atoms with van der Waals surface area (Å²) in [6, 6.07) is 11.6. The molecular weight excluding hydrogens is 454 g/mol. The summed E-state index contributed by atoms with van der Waals surface area (Å²) in [5, 5.41) is 3.35. The zero-order valence-electron chi connectivity index (χ0n) is 21.8. The van der Waals surface area contributed by atoms with Gasteiger partial charge in [-0.2, -0.15) is 0 Å². The lowest BCUT2D eigenvalue weighted by Gasteiger charge is -2.42. The molecule has 2 amide bonds. The number of carbonyl (C=O) groups excluding carboxylic acids is 2. The number of hydrogen-bond acceptors (Lipinski definition) is 5. The van der Waals surface area contributed by atoms with E-state index >= 15 is 0 Å². The van der Waals surface area contributed by atoms with E-state index in [0.29, 0.717) is 49.9 Å². The number of pyridine rings is 1. The summed E-state index contributed by atoms with van der Waals surface area (Å²) in [6.45, 7) is 5.93. The summed E-state index contributed by atoms with van der Waals surface area (Å²) in [4.78, 5) is 32.9. The molecule has 7 heteroatoms. The molecule has 1 atom stereocenters. The van der Waals surface area contributed by atoms with Crippen molar-refractivity contribution in [3.8, 4) is 11.6 Å². The molecule has 3 heterocycles. The van der Waals surface area contributed by atoms with Gasteiger partial charge in [-0.3, -0.25) is 9.59 Å². The third kappa shape index (κ3) is 6.18. The van der Waals surface area contributed by atoms with Gasteiger partial charge in [0.1, 0.15) is 12.4 Å². The predicted molar refractivity (Wildman–Crippen MR) is 139 cm³/mol. The van der Waals surface area contributed by atoms with Gasteiger partial charge in [-0.1, -0.05) is 38.5 Å². The van der Waals surface area contributed by atoms with Gasteiger partial charge < -0.3 is 19.7 Å². The Morgan fingerprint density at radius 3 is 2.64 bits per heavy atom. The van der Waals surface area contributed by atoms with Crippen molar-refractivity contribution in [3.63, 3.8) is 0 Å². The van der Waals surface area contributed by atoms with Crippen LogP contribution in [0.2, 0.25) is 0 Å². The number of aryl methyl sites for hydroxylation is 1. The summed E-state index contributed by atoms with van der Waals surface area (Å²) in [5.74, 6) is 1.92. The Labute approximate surface area is 214 Å². The van der Waals surface area contributed by atoms with E-state index in [9.17, 15) is 9.59 Å². The normalized spacial score (nSPS) is 20.5. The first-order valence-corrected chi connectivity index (χ1v) is 13.2. The molecule has 1 aromatic heterocycles. The predicted octanol–water partition coefficient (Wildman–Crippen LogP) is 4.65. The highest BCUT2D eigenvalue weighted by molar-refractivity contribution is 5.94. The van der Waals surface area contributed by atoms with E-state index in [-0.39, 0.29) is 17.9 Å². The maximum Gasteiger partial charge on any atom is 0.255 e. The number of nitrogens with zero attached hydrogens (tertiary/aromatic N) is 2. The van der Waals surface area contributed by atoms with Crippen LogP contribution < -0.4 is 14.8 Å². The molecule has 1 fully saturated rings. The summed E-state index contributed by atoms with van der Waals surface area (Å²) < 4.78 is 11.3. The summed E-state index contributed by atoms with van der Waals surface area (Å²) in [7, 11) is 1.55. The van der Waals surface area contributed by atoms with Gasteiger partial charge in [0, 0.05) is 25.4 Å². The zero-order valence-corrected chi connectivity index (χ0v) is 21.8. The number of benzene rings is 1. The SMILES string of the molecule is COc1ccc(C(=O)N2CCC3(CCCCc4ccccc4OC[C@H](CC(C)C)NC3=O)CC2)cn1. The van der Waals surface area contributed by atoms with Crippen LogP contribution in [0, 0.1) is 11.3 Å². The summed E-state index contributed by atoms with van der Waals surface area (Å²) in [6.07, 6.45) is 7.50. The molecule has 0 unspecified atom stereocenters. The minimum absolute atomic E-state index is 0.0451.